The maximum absolute atomic E-state index is 13.1. The molecule has 2 aromatic rings. The van der Waals surface area contributed by atoms with Gasteiger partial charge in [-0.1, -0.05) is 18.2 Å². The highest BCUT2D eigenvalue weighted by Gasteiger charge is 2.33. The van der Waals surface area contributed by atoms with Crippen LogP contribution in [0.2, 0.25) is 0 Å². The summed E-state index contributed by atoms with van der Waals surface area (Å²) in [6, 6.07) is 13.2. The van der Waals surface area contributed by atoms with E-state index in [1.165, 1.54) is 24.3 Å². The fraction of sp³-hybridized carbons (Fsp3) is 0.375. The molecule has 0 spiro atoms. The molecule has 0 radical (unpaired) electrons. The van der Waals surface area contributed by atoms with Gasteiger partial charge in [-0.15, -0.1) is 0 Å². The van der Waals surface area contributed by atoms with Gasteiger partial charge in [0.25, 0.3) is 11.8 Å². The summed E-state index contributed by atoms with van der Waals surface area (Å²) >= 11 is 0. The molecule has 2 aliphatic rings. The number of piperidine rings is 1. The summed E-state index contributed by atoms with van der Waals surface area (Å²) in [5.74, 6) is -1.54. The first-order valence-electron chi connectivity index (χ1n) is 10.6. The molecule has 4 rings (SSSR count). The summed E-state index contributed by atoms with van der Waals surface area (Å²) in [4.78, 5) is 41.3. The zero-order valence-electron chi connectivity index (χ0n) is 17.4. The number of hydrogen-bond donors (Lipinski definition) is 0. The van der Waals surface area contributed by atoms with E-state index in [1.807, 2.05) is 24.3 Å². The maximum Gasteiger partial charge on any atom is 0.309 e. The van der Waals surface area contributed by atoms with Crippen LogP contribution in [0, 0.1) is 11.7 Å². The van der Waals surface area contributed by atoms with Crippen LogP contribution in [-0.4, -0.2) is 48.4 Å². The number of likely N-dealkylation sites (tertiary alicyclic amines) is 1. The Morgan fingerprint density at radius 1 is 1.00 bits per heavy atom. The minimum atomic E-state index is -0.863. The molecule has 0 unspecified atom stereocenters. The van der Waals surface area contributed by atoms with Crippen LogP contribution >= 0.6 is 0 Å². The number of fused-ring (bicyclic) bond motifs is 1. The first-order valence-corrected chi connectivity index (χ1v) is 10.6. The Balaban J connectivity index is 1.29. The van der Waals surface area contributed by atoms with Crippen LogP contribution in [0.15, 0.2) is 48.5 Å². The number of carbonyl (C=O) groups is 3. The number of esters is 1. The SMILES string of the molecule is C[C@H](OC(=O)C1CCN(C(=O)c2ccc(F)cc2)CC1)C(=O)N1CCc2ccccc21. The molecule has 1 atom stereocenters. The highest BCUT2D eigenvalue weighted by atomic mass is 19.1. The molecule has 0 bridgehead atoms. The summed E-state index contributed by atoms with van der Waals surface area (Å²) in [5.41, 5.74) is 2.42. The van der Waals surface area contributed by atoms with E-state index in [1.54, 1.807) is 16.7 Å². The van der Waals surface area contributed by atoms with Crippen LogP contribution < -0.4 is 4.90 Å². The van der Waals surface area contributed by atoms with Gasteiger partial charge in [-0.3, -0.25) is 14.4 Å². The van der Waals surface area contributed by atoms with Crippen molar-refractivity contribution in [1.82, 2.24) is 4.90 Å². The number of amides is 2. The first-order chi connectivity index (χ1) is 14.9. The summed E-state index contributed by atoms with van der Waals surface area (Å²) in [5, 5.41) is 0. The zero-order chi connectivity index (χ0) is 22.0. The maximum atomic E-state index is 13.1. The predicted molar refractivity (Wildman–Crippen MR) is 113 cm³/mol. The number of benzene rings is 2. The Morgan fingerprint density at radius 2 is 1.68 bits per heavy atom. The minimum absolute atomic E-state index is 0.178. The number of carbonyl (C=O) groups excluding carboxylic acids is 3. The largest absolute Gasteiger partial charge is 0.452 e. The lowest BCUT2D eigenvalue weighted by Crippen LogP contribution is -2.43. The summed E-state index contributed by atoms with van der Waals surface area (Å²) in [7, 11) is 0. The van der Waals surface area contributed by atoms with Gasteiger partial charge in [0, 0.05) is 30.9 Å². The van der Waals surface area contributed by atoms with Crippen LogP contribution in [0.25, 0.3) is 0 Å². The number of anilines is 1. The molecule has 2 amide bonds. The van der Waals surface area contributed by atoms with Gasteiger partial charge in [0.05, 0.1) is 5.92 Å². The lowest BCUT2D eigenvalue weighted by molar-refractivity contribution is -0.159. The van der Waals surface area contributed by atoms with E-state index in [0.29, 0.717) is 38.0 Å². The van der Waals surface area contributed by atoms with Gasteiger partial charge in [0.15, 0.2) is 6.10 Å². The van der Waals surface area contributed by atoms with E-state index < -0.39 is 12.1 Å². The second-order valence-electron chi connectivity index (χ2n) is 8.02. The number of para-hydroxylation sites is 1. The second kappa shape index (κ2) is 8.88. The van der Waals surface area contributed by atoms with Crippen LogP contribution in [0.4, 0.5) is 10.1 Å². The summed E-state index contributed by atoms with van der Waals surface area (Å²) < 4.78 is 18.6. The molecule has 6 nitrogen and oxygen atoms in total. The molecule has 0 aromatic heterocycles. The molecule has 1 saturated heterocycles. The molecule has 0 saturated carbocycles. The average molecular weight is 424 g/mol. The topological polar surface area (TPSA) is 66.9 Å². The van der Waals surface area contributed by atoms with Gasteiger partial charge in [-0.25, -0.2) is 4.39 Å². The van der Waals surface area contributed by atoms with E-state index in [0.717, 1.165) is 17.7 Å². The van der Waals surface area contributed by atoms with Gasteiger partial charge >= 0.3 is 5.97 Å². The quantitative estimate of drug-likeness (QED) is 0.707. The smallest absolute Gasteiger partial charge is 0.309 e. The average Bonchev–Trinajstić information content (AvgIpc) is 3.23. The van der Waals surface area contributed by atoms with Crippen LogP contribution in [0.3, 0.4) is 0 Å². The van der Waals surface area contributed by atoms with Crippen molar-refractivity contribution in [2.45, 2.75) is 32.3 Å². The molecular formula is C24H25FN2O4. The van der Waals surface area contributed by atoms with Gasteiger partial charge < -0.3 is 14.5 Å². The van der Waals surface area contributed by atoms with Gasteiger partial charge in [-0.2, -0.15) is 0 Å². The first kappa shape index (κ1) is 21.0. The van der Waals surface area contributed by atoms with E-state index >= 15 is 0 Å². The molecule has 31 heavy (non-hydrogen) atoms. The van der Waals surface area contributed by atoms with E-state index in [2.05, 4.69) is 0 Å². The molecule has 0 aliphatic carbocycles. The molecule has 1 fully saturated rings. The number of hydrogen-bond acceptors (Lipinski definition) is 4. The van der Waals surface area contributed by atoms with Crippen LogP contribution in [0.5, 0.6) is 0 Å². The summed E-state index contributed by atoms with van der Waals surface area (Å²) in [6.45, 7) is 3.02. The van der Waals surface area contributed by atoms with E-state index in [4.69, 9.17) is 4.74 Å². The Bertz CT molecular complexity index is 983. The van der Waals surface area contributed by atoms with E-state index in [-0.39, 0.29) is 23.5 Å². The molecule has 162 valence electrons. The molecule has 2 aromatic carbocycles. The Labute approximate surface area is 180 Å². The number of nitrogens with zero attached hydrogens (tertiary/aromatic N) is 2. The standard InChI is InChI=1S/C24H25FN2O4/c1-16(22(28)27-15-12-17-4-2-3-5-21(17)27)31-24(30)19-10-13-26(14-11-19)23(29)18-6-8-20(25)9-7-18/h2-9,16,19H,10-15H2,1H3/t16-/m0/s1. The summed E-state index contributed by atoms with van der Waals surface area (Å²) in [6.07, 6.45) is 0.874. The third-order valence-corrected chi connectivity index (χ3v) is 6.00. The van der Waals surface area contributed by atoms with Crippen LogP contribution in [-0.2, 0) is 20.7 Å². The second-order valence-corrected chi connectivity index (χ2v) is 8.02. The van der Waals surface area contributed by atoms with Crippen molar-refractivity contribution in [2.24, 2.45) is 5.92 Å². The van der Waals surface area contributed by atoms with Crippen molar-refractivity contribution >= 4 is 23.5 Å². The third kappa shape index (κ3) is 4.45. The van der Waals surface area contributed by atoms with Crippen molar-refractivity contribution < 1.29 is 23.5 Å². The number of ether oxygens (including phenoxy) is 1. The molecule has 0 N–H and O–H groups in total. The number of halogens is 1. The lowest BCUT2D eigenvalue weighted by atomic mass is 9.96. The minimum Gasteiger partial charge on any atom is -0.452 e. The zero-order valence-corrected chi connectivity index (χ0v) is 17.4. The molecule has 7 heteroatoms. The van der Waals surface area contributed by atoms with Crippen molar-refractivity contribution in [1.29, 1.82) is 0 Å². The molecular weight excluding hydrogens is 399 g/mol. The van der Waals surface area contributed by atoms with Gasteiger partial charge in [0.1, 0.15) is 5.82 Å². The normalized spacial score (nSPS) is 17.2. The van der Waals surface area contributed by atoms with Gasteiger partial charge in [0.2, 0.25) is 0 Å². The molecule has 2 aliphatic heterocycles. The monoisotopic (exact) mass is 424 g/mol. The lowest BCUT2D eigenvalue weighted by Gasteiger charge is -2.31. The Morgan fingerprint density at radius 3 is 2.39 bits per heavy atom. The predicted octanol–water partition coefficient (Wildman–Crippen LogP) is 3.20. The van der Waals surface area contributed by atoms with Crippen LogP contribution in [0.1, 0.15) is 35.7 Å². The Hall–Kier alpha value is -3.22. The fourth-order valence-electron chi connectivity index (χ4n) is 4.20. The van der Waals surface area contributed by atoms with Crippen molar-refractivity contribution in [3.8, 4) is 0 Å². The number of rotatable bonds is 4. The highest BCUT2D eigenvalue weighted by molar-refractivity contribution is 5.99. The van der Waals surface area contributed by atoms with Crippen molar-refractivity contribution in [2.75, 3.05) is 24.5 Å². The van der Waals surface area contributed by atoms with Gasteiger partial charge in [-0.05, 0) is 62.1 Å². The third-order valence-electron chi connectivity index (χ3n) is 6.00. The van der Waals surface area contributed by atoms with Crippen molar-refractivity contribution in [3.05, 3.63) is 65.5 Å². The van der Waals surface area contributed by atoms with E-state index in [9.17, 15) is 18.8 Å². The Kier molecular flexibility index (Phi) is 6.02. The highest BCUT2D eigenvalue weighted by Crippen LogP contribution is 2.28. The molecule has 2 heterocycles. The fourth-order valence-corrected chi connectivity index (χ4v) is 4.20. The van der Waals surface area contributed by atoms with Crippen molar-refractivity contribution in [3.63, 3.8) is 0 Å².